The van der Waals surface area contributed by atoms with Crippen molar-refractivity contribution in [1.29, 1.82) is 0 Å². The predicted octanol–water partition coefficient (Wildman–Crippen LogP) is 4.87. The maximum Gasteiger partial charge on any atom is 0.435 e. The minimum atomic E-state index is -4.76. The number of carbonyl (C=O) groups is 2. The molecule has 3 aliphatic rings. The van der Waals surface area contributed by atoms with Crippen LogP contribution < -0.4 is 16.4 Å². The number of nitrogens with one attached hydrogen (secondary N) is 2. The summed E-state index contributed by atoms with van der Waals surface area (Å²) in [5, 5.41) is 11.0. The number of amides is 1. The second-order valence-electron chi connectivity index (χ2n) is 11.6. The third kappa shape index (κ3) is 5.39. The fourth-order valence-corrected chi connectivity index (χ4v) is 5.75. The zero-order valence-corrected chi connectivity index (χ0v) is 21.3. The van der Waals surface area contributed by atoms with E-state index in [1.165, 1.54) is 29.7 Å². The molecule has 2 atom stereocenters. The van der Waals surface area contributed by atoms with Crippen molar-refractivity contribution in [3.05, 3.63) is 40.7 Å². The van der Waals surface area contributed by atoms with E-state index >= 15 is 0 Å². The number of carbonyl (C=O) groups excluding carboxylic acids is 2. The third-order valence-corrected chi connectivity index (χ3v) is 7.80. The Kier molecular flexibility index (Phi) is 6.58. The summed E-state index contributed by atoms with van der Waals surface area (Å²) in [4.78, 5) is 25.1. The Balaban J connectivity index is 1.53. The summed E-state index contributed by atoms with van der Waals surface area (Å²) in [6.07, 6.45) is 2.11. The van der Waals surface area contributed by atoms with Gasteiger partial charge in [-0.1, -0.05) is 26.7 Å². The number of halogens is 3. The van der Waals surface area contributed by atoms with Crippen molar-refractivity contribution >= 4 is 17.4 Å². The first-order valence-corrected chi connectivity index (χ1v) is 13.1. The topological polar surface area (TPSA) is 102 Å². The minimum absolute atomic E-state index is 0.0269. The summed E-state index contributed by atoms with van der Waals surface area (Å²) < 4.78 is 42.9. The zero-order chi connectivity index (χ0) is 26.5. The summed E-state index contributed by atoms with van der Waals surface area (Å²) in [5.41, 5.74) is 4.99. The van der Waals surface area contributed by atoms with Crippen molar-refractivity contribution in [2.75, 3.05) is 11.9 Å². The summed E-state index contributed by atoms with van der Waals surface area (Å²) in [5.74, 6) is -0.446. The quantitative estimate of drug-likeness (QED) is 0.487. The summed E-state index contributed by atoms with van der Waals surface area (Å²) in [6.45, 7) is 4.69. The van der Waals surface area contributed by atoms with Crippen molar-refractivity contribution in [2.24, 2.45) is 17.1 Å². The number of primary amides is 1. The number of hydrogen-bond donors (Lipinski definition) is 3. The summed E-state index contributed by atoms with van der Waals surface area (Å²) in [6, 6.07) is 4.97. The van der Waals surface area contributed by atoms with E-state index < -0.39 is 29.0 Å². The number of Topliss-reactive ketones (excluding diaryl/α,β-unsaturated/α-hetero) is 1. The molecule has 1 amide bonds. The van der Waals surface area contributed by atoms with Gasteiger partial charge in [-0.15, -0.1) is 0 Å². The van der Waals surface area contributed by atoms with Crippen molar-refractivity contribution in [3.8, 4) is 5.69 Å². The Morgan fingerprint density at radius 3 is 2.49 bits per heavy atom. The Morgan fingerprint density at radius 1 is 1.14 bits per heavy atom. The van der Waals surface area contributed by atoms with E-state index in [2.05, 4.69) is 15.7 Å². The van der Waals surface area contributed by atoms with Gasteiger partial charge in [0.15, 0.2) is 11.5 Å². The van der Waals surface area contributed by atoms with Gasteiger partial charge >= 0.3 is 6.18 Å². The highest BCUT2D eigenvalue weighted by molar-refractivity contribution is 6.00. The average Bonchev–Trinajstić information content (AvgIpc) is 3.55. The summed E-state index contributed by atoms with van der Waals surface area (Å²) >= 11 is 0. The molecule has 1 aromatic heterocycles. The molecule has 0 bridgehead atoms. The van der Waals surface area contributed by atoms with Crippen molar-refractivity contribution in [3.63, 3.8) is 0 Å². The van der Waals surface area contributed by atoms with Crippen LogP contribution in [0.25, 0.3) is 5.69 Å². The van der Waals surface area contributed by atoms with Crippen LogP contribution in [0, 0.1) is 11.3 Å². The number of rotatable bonds is 7. The first kappa shape index (κ1) is 25.8. The fourth-order valence-electron chi connectivity index (χ4n) is 5.75. The highest BCUT2D eigenvalue weighted by atomic mass is 19.4. The second-order valence-corrected chi connectivity index (χ2v) is 11.6. The first-order chi connectivity index (χ1) is 17.4. The number of fused-ring (bicyclic) bond motifs is 1. The predicted molar refractivity (Wildman–Crippen MR) is 134 cm³/mol. The number of alkyl halides is 3. The molecule has 37 heavy (non-hydrogen) atoms. The van der Waals surface area contributed by atoms with Crippen molar-refractivity contribution < 1.29 is 22.8 Å². The smallest absolute Gasteiger partial charge is 0.380 e. The molecular weight excluding hydrogens is 483 g/mol. The average molecular weight is 518 g/mol. The van der Waals surface area contributed by atoms with E-state index in [-0.39, 0.29) is 41.7 Å². The van der Waals surface area contributed by atoms with E-state index in [4.69, 9.17) is 5.73 Å². The lowest BCUT2D eigenvalue weighted by atomic mass is 9.75. The number of nitrogens with two attached hydrogens (primary N) is 1. The Labute approximate surface area is 214 Å². The molecule has 2 fully saturated rings. The van der Waals surface area contributed by atoms with Gasteiger partial charge in [0.05, 0.1) is 22.5 Å². The van der Waals surface area contributed by atoms with Crippen LogP contribution in [-0.2, 0) is 12.6 Å². The molecule has 0 radical (unpaired) electrons. The number of ketones is 1. The third-order valence-electron chi connectivity index (χ3n) is 7.80. The molecule has 1 heterocycles. The number of nitrogens with zero attached hydrogens (tertiary/aromatic N) is 2. The van der Waals surface area contributed by atoms with Crippen LogP contribution in [-0.4, -0.2) is 40.1 Å². The van der Waals surface area contributed by atoms with Crippen LogP contribution in [0.3, 0.4) is 0 Å². The Morgan fingerprint density at radius 2 is 1.84 bits per heavy atom. The fraction of sp³-hybridized carbons (Fsp3) is 0.593. The van der Waals surface area contributed by atoms with Gasteiger partial charge in [-0.3, -0.25) is 9.59 Å². The van der Waals surface area contributed by atoms with Gasteiger partial charge in [-0.25, -0.2) is 4.68 Å². The van der Waals surface area contributed by atoms with Gasteiger partial charge in [-0.2, -0.15) is 18.3 Å². The second kappa shape index (κ2) is 9.45. The SMILES string of the molecule is CC1(C)CC(=O)c2c(C(F)(F)F)nn(-c3ccc(C(N)=O)c(NC4CCCCC4NCC4CC4)c3)c2C1. The van der Waals surface area contributed by atoms with Gasteiger partial charge in [0, 0.05) is 24.2 Å². The lowest BCUT2D eigenvalue weighted by Crippen LogP contribution is -2.47. The van der Waals surface area contributed by atoms with Crippen LogP contribution in [0.1, 0.15) is 90.9 Å². The molecule has 1 aromatic carbocycles. The molecular formula is C27H34F3N5O2. The molecule has 3 aliphatic carbocycles. The number of hydrogen-bond acceptors (Lipinski definition) is 5. The lowest BCUT2D eigenvalue weighted by Gasteiger charge is -2.34. The van der Waals surface area contributed by atoms with Crippen LogP contribution in [0.15, 0.2) is 18.2 Å². The molecule has 200 valence electrons. The van der Waals surface area contributed by atoms with Crippen molar-refractivity contribution in [1.82, 2.24) is 15.1 Å². The van der Waals surface area contributed by atoms with Crippen LogP contribution in [0.5, 0.6) is 0 Å². The lowest BCUT2D eigenvalue weighted by molar-refractivity contribution is -0.141. The van der Waals surface area contributed by atoms with Gasteiger partial charge in [0.1, 0.15) is 0 Å². The van der Waals surface area contributed by atoms with E-state index in [0.29, 0.717) is 11.4 Å². The van der Waals surface area contributed by atoms with E-state index in [9.17, 15) is 22.8 Å². The maximum atomic E-state index is 13.9. The van der Waals surface area contributed by atoms with Gasteiger partial charge < -0.3 is 16.4 Å². The van der Waals surface area contributed by atoms with E-state index in [1.807, 2.05) is 13.8 Å². The highest BCUT2D eigenvalue weighted by Gasteiger charge is 2.45. The molecule has 0 spiro atoms. The molecule has 0 saturated heterocycles. The first-order valence-electron chi connectivity index (χ1n) is 13.1. The zero-order valence-electron chi connectivity index (χ0n) is 21.3. The van der Waals surface area contributed by atoms with Crippen LogP contribution in [0.2, 0.25) is 0 Å². The van der Waals surface area contributed by atoms with E-state index in [1.54, 1.807) is 6.07 Å². The van der Waals surface area contributed by atoms with Crippen LogP contribution >= 0.6 is 0 Å². The number of benzene rings is 1. The minimum Gasteiger partial charge on any atom is -0.380 e. The molecule has 5 rings (SSSR count). The Bertz CT molecular complexity index is 1220. The van der Waals surface area contributed by atoms with Gasteiger partial charge in [0.25, 0.3) is 5.91 Å². The van der Waals surface area contributed by atoms with Gasteiger partial charge in [0.2, 0.25) is 0 Å². The molecule has 2 unspecified atom stereocenters. The molecule has 7 nitrogen and oxygen atoms in total. The number of anilines is 1. The molecule has 0 aliphatic heterocycles. The van der Waals surface area contributed by atoms with E-state index in [0.717, 1.165) is 38.1 Å². The van der Waals surface area contributed by atoms with Crippen molar-refractivity contribution in [2.45, 2.75) is 83.5 Å². The maximum absolute atomic E-state index is 13.9. The molecule has 4 N–H and O–H groups in total. The molecule has 2 saturated carbocycles. The Hall–Kier alpha value is -2.88. The van der Waals surface area contributed by atoms with Crippen LogP contribution in [0.4, 0.5) is 18.9 Å². The monoisotopic (exact) mass is 517 g/mol. The molecule has 2 aromatic rings. The highest BCUT2D eigenvalue weighted by Crippen LogP contribution is 2.42. The standard InChI is InChI=1S/C27H34F3N5O2/c1-26(2)12-21-23(22(36)13-26)24(27(28,29)30)34-35(21)16-9-10-17(25(31)37)20(11-16)33-19-6-4-3-5-18(19)32-14-15-7-8-15/h9-11,15,18-19,32-33H,3-8,12-14H2,1-2H3,(H2,31,37). The normalized spacial score (nSPS) is 23.5. The largest absolute Gasteiger partial charge is 0.435 e. The molecule has 10 heteroatoms. The van der Waals surface area contributed by atoms with Gasteiger partial charge in [-0.05, 0) is 68.2 Å². The number of aromatic nitrogens is 2. The summed E-state index contributed by atoms with van der Waals surface area (Å²) in [7, 11) is 0.